The Hall–Kier alpha value is -0.620. The van der Waals surface area contributed by atoms with Crippen LogP contribution in [-0.2, 0) is 14.6 Å². The van der Waals surface area contributed by atoms with Gasteiger partial charge in [0.05, 0.1) is 11.5 Å². The average molecular weight is 302 g/mol. The van der Waals surface area contributed by atoms with Gasteiger partial charge >= 0.3 is 0 Å². The fraction of sp³-hybridized carbons (Fsp3) is 0.929. The second kappa shape index (κ2) is 6.89. The molecule has 2 N–H and O–H groups in total. The first-order chi connectivity index (χ1) is 9.44. The van der Waals surface area contributed by atoms with Gasteiger partial charge in [0.1, 0.15) is 0 Å². The van der Waals surface area contributed by atoms with Gasteiger partial charge in [0.25, 0.3) is 0 Å². The molecule has 0 aromatic carbocycles. The molecule has 116 valence electrons. The van der Waals surface area contributed by atoms with E-state index < -0.39 is 9.84 Å². The molecule has 1 saturated carbocycles. The number of amides is 1. The standard InChI is InChI=1S/C14H26N2O3S/c1-11-3-2-4-12(7-11)9-16-14(17)8-13-10-20(18,19)6-5-15-13/h11-13,15H,2-10H2,1H3,(H,16,17). The van der Waals surface area contributed by atoms with Crippen LogP contribution in [0.4, 0.5) is 0 Å². The van der Waals surface area contributed by atoms with Gasteiger partial charge in [-0.3, -0.25) is 4.79 Å². The Morgan fingerprint density at radius 2 is 2.15 bits per heavy atom. The predicted molar refractivity (Wildman–Crippen MR) is 79.2 cm³/mol. The second-order valence-corrected chi connectivity index (χ2v) is 8.64. The van der Waals surface area contributed by atoms with E-state index in [1.54, 1.807) is 0 Å². The molecule has 2 aliphatic rings. The van der Waals surface area contributed by atoms with Crippen molar-refractivity contribution in [3.8, 4) is 0 Å². The number of rotatable bonds is 4. The van der Waals surface area contributed by atoms with Crippen molar-refractivity contribution in [1.29, 1.82) is 0 Å². The van der Waals surface area contributed by atoms with Gasteiger partial charge in [-0.25, -0.2) is 8.42 Å². The van der Waals surface area contributed by atoms with Gasteiger partial charge in [0.15, 0.2) is 9.84 Å². The minimum atomic E-state index is -2.96. The van der Waals surface area contributed by atoms with Crippen molar-refractivity contribution in [1.82, 2.24) is 10.6 Å². The molecule has 1 heterocycles. The summed E-state index contributed by atoms with van der Waals surface area (Å²) < 4.78 is 23.0. The fourth-order valence-corrected chi connectivity index (χ4v) is 4.74. The highest BCUT2D eigenvalue weighted by Gasteiger charge is 2.26. The third-order valence-electron chi connectivity index (χ3n) is 4.37. The van der Waals surface area contributed by atoms with E-state index in [2.05, 4.69) is 17.6 Å². The number of hydrogen-bond acceptors (Lipinski definition) is 4. The van der Waals surface area contributed by atoms with E-state index in [0.29, 0.717) is 12.5 Å². The SMILES string of the molecule is CC1CCCC(CNC(=O)CC2CS(=O)(=O)CCN2)C1. The number of carbonyl (C=O) groups is 1. The molecule has 0 spiro atoms. The van der Waals surface area contributed by atoms with E-state index >= 15 is 0 Å². The zero-order valence-electron chi connectivity index (χ0n) is 12.2. The van der Waals surface area contributed by atoms with Crippen molar-refractivity contribution in [2.75, 3.05) is 24.6 Å². The quantitative estimate of drug-likeness (QED) is 0.802. The van der Waals surface area contributed by atoms with E-state index in [-0.39, 0.29) is 29.9 Å². The molecular weight excluding hydrogens is 276 g/mol. The molecule has 0 aromatic rings. The first kappa shape index (κ1) is 15.8. The van der Waals surface area contributed by atoms with Crippen LogP contribution in [0.5, 0.6) is 0 Å². The Kier molecular flexibility index (Phi) is 5.43. The van der Waals surface area contributed by atoms with Gasteiger partial charge in [0.2, 0.25) is 5.91 Å². The minimum absolute atomic E-state index is 0.0298. The monoisotopic (exact) mass is 302 g/mol. The molecule has 1 aliphatic heterocycles. The highest BCUT2D eigenvalue weighted by atomic mass is 32.2. The van der Waals surface area contributed by atoms with Crippen LogP contribution < -0.4 is 10.6 Å². The van der Waals surface area contributed by atoms with Crippen LogP contribution in [0, 0.1) is 11.8 Å². The van der Waals surface area contributed by atoms with E-state index in [1.165, 1.54) is 25.7 Å². The first-order valence-electron chi connectivity index (χ1n) is 7.65. The zero-order chi connectivity index (χ0) is 14.6. The molecule has 0 bridgehead atoms. The van der Waals surface area contributed by atoms with Crippen LogP contribution >= 0.6 is 0 Å². The highest BCUT2D eigenvalue weighted by Crippen LogP contribution is 2.27. The maximum absolute atomic E-state index is 11.9. The van der Waals surface area contributed by atoms with Gasteiger partial charge in [-0.2, -0.15) is 0 Å². The molecule has 2 rings (SSSR count). The summed E-state index contributed by atoms with van der Waals surface area (Å²) in [6.07, 6.45) is 5.21. The number of sulfone groups is 1. The molecule has 0 aromatic heterocycles. The second-order valence-electron chi connectivity index (χ2n) is 6.41. The third-order valence-corrected chi connectivity index (χ3v) is 6.10. The van der Waals surface area contributed by atoms with Crippen LogP contribution in [0.15, 0.2) is 0 Å². The molecule has 5 nitrogen and oxygen atoms in total. The molecular formula is C14H26N2O3S. The van der Waals surface area contributed by atoms with Gasteiger partial charge in [-0.05, 0) is 24.7 Å². The maximum Gasteiger partial charge on any atom is 0.221 e. The fourth-order valence-electron chi connectivity index (χ4n) is 3.30. The van der Waals surface area contributed by atoms with E-state index in [9.17, 15) is 13.2 Å². The largest absolute Gasteiger partial charge is 0.356 e. The topological polar surface area (TPSA) is 75.3 Å². The Bertz CT molecular complexity index is 436. The molecule has 1 aliphatic carbocycles. The van der Waals surface area contributed by atoms with Crippen molar-refractivity contribution in [3.05, 3.63) is 0 Å². The first-order valence-corrected chi connectivity index (χ1v) is 9.47. The Labute approximate surface area is 121 Å². The number of carbonyl (C=O) groups excluding carboxylic acids is 1. The molecule has 3 atom stereocenters. The van der Waals surface area contributed by atoms with Crippen LogP contribution in [-0.4, -0.2) is 45.0 Å². The normalized spacial score (nSPS) is 33.5. The Morgan fingerprint density at radius 1 is 1.35 bits per heavy atom. The minimum Gasteiger partial charge on any atom is -0.356 e. The van der Waals surface area contributed by atoms with Gasteiger partial charge in [0, 0.05) is 25.6 Å². The van der Waals surface area contributed by atoms with Gasteiger partial charge in [-0.1, -0.05) is 19.8 Å². The molecule has 6 heteroatoms. The van der Waals surface area contributed by atoms with Crippen molar-refractivity contribution in [3.63, 3.8) is 0 Å². The summed E-state index contributed by atoms with van der Waals surface area (Å²) in [6, 6.07) is -0.223. The van der Waals surface area contributed by atoms with E-state index in [0.717, 1.165) is 12.5 Å². The van der Waals surface area contributed by atoms with Gasteiger partial charge in [-0.15, -0.1) is 0 Å². The summed E-state index contributed by atoms with van der Waals surface area (Å²) in [6.45, 7) is 3.47. The Morgan fingerprint density at radius 3 is 2.85 bits per heavy atom. The van der Waals surface area contributed by atoms with Crippen LogP contribution in [0.3, 0.4) is 0 Å². The molecule has 1 amide bonds. The summed E-state index contributed by atoms with van der Waals surface area (Å²) in [5.74, 6) is 1.59. The van der Waals surface area contributed by atoms with Crippen LogP contribution in [0.2, 0.25) is 0 Å². The van der Waals surface area contributed by atoms with Crippen LogP contribution in [0.25, 0.3) is 0 Å². The molecule has 1 saturated heterocycles. The molecule has 20 heavy (non-hydrogen) atoms. The highest BCUT2D eigenvalue weighted by molar-refractivity contribution is 7.91. The summed E-state index contributed by atoms with van der Waals surface area (Å²) in [7, 11) is -2.96. The summed E-state index contributed by atoms with van der Waals surface area (Å²) in [5, 5.41) is 6.08. The number of hydrogen-bond donors (Lipinski definition) is 2. The lowest BCUT2D eigenvalue weighted by Crippen LogP contribution is -2.47. The molecule has 3 unspecified atom stereocenters. The molecule has 2 fully saturated rings. The van der Waals surface area contributed by atoms with Crippen molar-refractivity contribution < 1.29 is 13.2 Å². The van der Waals surface area contributed by atoms with Crippen LogP contribution in [0.1, 0.15) is 39.0 Å². The van der Waals surface area contributed by atoms with Crippen molar-refractivity contribution in [2.24, 2.45) is 11.8 Å². The summed E-state index contributed by atoms with van der Waals surface area (Å²) >= 11 is 0. The lowest BCUT2D eigenvalue weighted by molar-refractivity contribution is -0.121. The zero-order valence-corrected chi connectivity index (χ0v) is 13.0. The average Bonchev–Trinajstić information content (AvgIpc) is 2.35. The summed E-state index contributed by atoms with van der Waals surface area (Å²) in [5.41, 5.74) is 0. The predicted octanol–water partition coefficient (Wildman–Crippen LogP) is 0.706. The maximum atomic E-state index is 11.9. The van der Waals surface area contributed by atoms with E-state index in [1.807, 2.05) is 0 Å². The Balaban J connectivity index is 1.70. The summed E-state index contributed by atoms with van der Waals surface area (Å²) in [4.78, 5) is 11.9. The lowest BCUT2D eigenvalue weighted by Gasteiger charge is -2.27. The van der Waals surface area contributed by atoms with Crippen molar-refractivity contribution in [2.45, 2.75) is 45.1 Å². The smallest absolute Gasteiger partial charge is 0.221 e. The van der Waals surface area contributed by atoms with E-state index in [4.69, 9.17) is 0 Å². The number of nitrogens with one attached hydrogen (secondary N) is 2. The third kappa shape index (κ3) is 5.05. The van der Waals surface area contributed by atoms with Gasteiger partial charge < -0.3 is 10.6 Å². The van der Waals surface area contributed by atoms with Crippen molar-refractivity contribution >= 4 is 15.7 Å². The molecule has 0 radical (unpaired) electrons. The lowest BCUT2D eigenvalue weighted by atomic mass is 9.82.